The molecule has 2 heteroatoms. The molecule has 0 aromatic carbocycles. The molecule has 2 atom stereocenters. The van der Waals surface area contributed by atoms with E-state index in [0.29, 0.717) is 18.6 Å². The molecule has 0 saturated heterocycles. The zero-order valence-corrected chi connectivity index (χ0v) is 6.50. The highest BCUT2D eigenvalue weighted by Crippen LogP contribution is 2.26. The Morgan fingerprint density at radius 2 is 1.70 bits per heavy atom. The summed E-state index contributed by atoms with van der Waals surface area (Å²) in [5.74, 6) is 0.623. The summed E-state index contributed by atoms with van der Waals surface area (Å²) in [6.07, 6.45) is 0.856. The number of hydrogen-bond donors (Lipinski definition) is 1. The quantitative estimate of drug-likeness (QED) is 0.547. The third-order valence-electron chi connectivity index (χ3n) is 2.27. The van der Waals surface area contributed by atoms with Gasteiger partial charge in [-0.15, -0.1) is 0 Å². The average Bonchev–Trinajstić information content (AvgIpc) is 1.82. The minimum absolute atomic E-state index is 0.163. The molecule has 0 spiro atoms. The number of hydrogen-bond acceptors (Lipinski definition) is 2. The molecule has 0 bridgehead atoms. The lowest BCUT2D eigenvalue weighted by Gasteiger charge is -2.29. The van der Waals surface area contributed by atoms with Gasteiger partial charge in [-0.3, -0.25) is 4.79 Å². The van der Waals surface area contributed by atoms with Crippen molar-refractivity contribution in [2.75, 3.05) is 0 Å². The fourth-order valence-electron chi connectivity index (χ4n) is 1.60. The predicted molar refractivity (Wildman–Crippen MR) is 38.6 cm³/mol. The lowest BCUT2D eigenvalue weighted by molar-refractivity contribution is -0.126. The molecule has 1 aliphatic carbocycles. The van der Waals surface area contributed by atoms with Crippen molar-refractivity contribution >= 4 is 5.78 Å². The molecule has 10 heavy (non-hydrogen) atoms. The molecular formula is C8H14O2. The second-order valence-electron chi connectivity index (χ2n) is 3.39. The highest BCUT2D eigenvalue weighted by molar-refractivity contribution is 5.79. The molecule has 1 rings (SSSR count). The van der Waals surface area contributed by atoms with Gasteiger partial charge < -0.3 is 5.11 Å². The van der Waals surface area contributed by atoms with Crippen LogP contribution in [-0.4, -0.2) is 17.0 Å². The summed E-state index contributed by atoms with van der Waals surface area (Å²) in [7, 11) is 0. The second kappa shape index (κ2) is 2.70. The van der Waals surface area contributed by atoms with E-state index in [1.807, 2.05) is 13.8 Å². The highest BCUT2D eigenvalue weighted by atomic mass is 16.3. The molecule has 58 valence electrons. The molecular weight excluding hydrogens is 128 g/mol. The van der Waals surface area contributed by atoms with E-state index in [1.54, 1.807) is 0 Å². The van der Waals surface area contributed by atoms with E-state index < -0.39 is 0 Å². The Hall–Kier alpha value is -0.370. The standard InChI is InChI=1S/C8H14O2/c1-5-3-7(9)4-6(2)8(5)10/h5-6,8,10H,3-4H2,1-2H3/t5-,6-/m0/s1. The monoisotopic (exact) mass is 142 g/mol. The van der Waals surface area contributed by atoms with Crippen molar-refractivity contribution in [3.63, 3.8) is 0 Å². The third kappa shape index (κ3) is 1.37. The molecule has 0 radical (unpaired) electrons. The number of carbonyl (C=O) groups excluding carboxylic acids is 1. The number of carbonyl (C=O) groups is 1. The van der Waals surface area contributed by atoms with Gasteiger partial charge >= 0.3 is 0 Å². The maximum Gasteiger partial charge on any atom is 0.133 e. The van der Waals surface area contributed by atoms with Gasteiger partial charge in [-0.1, -0.05) is 13.8 Å². The molecule has 1 N–H and O–H groups in total. The molecule has 0 aromatic rings. The molecule has 1 fully saturated rings. The van der Waals surface area contributed by atoms with Crippen molar-refractivity contribution in [2.45, 2.75) is 32.8 Å². The first-order valence-corrected chi connectivity index (χ1v) is 3.81. The van der Waals surface area contributed by atoms with Crippen LogP contribution in [-0.2, 0) is 4.79 Å². The lowest BCUT2D eigenvalue weighted by atomic mass is 9.80. The number of Topliss-reactive ketones (excluding diaryl/α,β-unsaturated/α-hetero) is 1. The maximum atomic E-state index is 10.9. The molecule has 1 aliphatic rings. The largest absolute Gasteiger partial charge is 0.393 e. The van der Waals surface area contributed by atoms with Gasteiger partial charge in [0.05, 0.1) is 6.10 Å². The Morgan fingerprint density at radius 1 is 1.30 bits per heavy atom. The molecule has 2 nitrogen and oxygen atoms in total. The van der Waals surface area contributed by atoms with Crippen LogP contribution in [0.4, 0.5) is 0 Å². The van der Waals surface area contributed by atoms with Gasteiger partial charge in [0.15, 0.2) is 0 Å². The van der Waals surface area contributed by atoms with Crippen molar-refractivity contribution in [3.8, 4) is 0 Å². The fraction of sp³-hybridized carbons (Fsp3) is 0.875. The normalized spacial score (nSPS) is 36.5. The first kappa shape index (κ1) is 7.73. The van der Waals surface area contributed by atoms with Gasteiger partial charge in [0.2, 0.25) is 0 Å². The SMILES string of the molecule is C[C@H]1CC(=O)C[C@H](C)C1O. The summed E-state index contributed by atoms with van der Waals surface area (Å²) in [5.41, 5.74) is 0. The van der Waals surface area contributed by atoms with Crippen molar-refractivity contribution < 1.29 is 9.90 Å². The van der Waals surface area contributed by atoms with Gasteiger partial charge in [0.1, 0.15) is 5.78 Å². The summed E-state index contributed by atoms with van der Waals surface area (Å²) < 4.78 is 0. The fourth-order valence-corrected chi connectivity index (χ4v) is 1.60. The molecule has 0 aromatic heterocycles. The zero-order valence-electron chi connectivity index (χ0n) is 6.50. The van der Waals surface area contributed by atoms with Gasteiger partial charge in [-0.25, -0.2) is 0 Å². The Balaban J connectivity index is 2.57. The van der Waals surface area contributed by atoms with Gasteiger partial charge in [0, 0.05) is 12.8 Å². The van der Waals surface area contributed by atoms with Crippen molar-refractivity contribution in [1.29, 1.82) is 0 Å². The molecule has 0 heterocycles. The van der Waals surface area contributed by atoms with Crippen LogP contribution >= 0.6 is 0 Å². The third-order valence-corrected chi connectivity index (χ3v) is 2.27. The van der Waals surface area contributed by atoms with Crippen LogP contribution in [0.3, 0.4) is 0 Å². The average molecular weight is 142 g/mol. The first-order valence-electron chi connectivity index (χ1n) is 3.81. The molecule has 0 unspecified atom stereocenters. The Bertz CT molecular complexity index is 128. The van der Waals surface area contributed by atoms with Crippen molar-refractivity contribution in [2.24, 2.45) is 11.8 Å². The highest BCUT2D eigenvalue weighted by Gasteiger charge is 2.29. The van der Waals surface area contributed by atoms with E-state index in [9.17, 15) is 9.90 Å². The minimum atomic E-state index is -0.266. The van der Waals surface area contributed by atoms with Gasteiger partial charge in [-0.05, 0) is 11.8 Å². The van der Waals surface area contributed by atoms with Gasteiger partial charge in [0.25, 0.3) is 0 Å². The summed E-state index contributed by atoms with van der Waals surface area (Å²) in [4.78, 5) is 10.9. The van der Waals surface area contributed by atoms with E-state index in [4.69, 9.17) is 0 Å². The van der Waals surface area contributed by atoms with Crippen LogP contribution in [0.15, 0.2) is 0 Å². The van der Waals surface area contributed by atoms with E-state index >= 15 is 0 Å². The molecule has 0 amide bonds. The van der Waals surface area contributed by atoms with E-state index in [0.717, 1.165) is 0 Å². The summed E-state index contributed by atoms with van der Waals surface area (Å²) >= 11 is 0. The van der Waals surface area contributed by atoms with Crippen LogP contribution in [0.5, 0.6) is 0 Å². The van der Waals surface area contributed by atoms with Crippen LogP contribution in [0.2, 0.25) is 0 Å². The Kier molecular flexibility index (Phi) is 2.09. The number of ketones is 1. The number of aliphatic hydroxyl groups excluding tert-OH is 1. The summed E-state index contributed by atoms with van der Waals surface area (Å²) in [6, 6.07) is 0. The van der Waals surface area contributed by atoms with Crippen LogP contribution < -0.4 is 0 Å². The van der Waals surface area contributed by atoms with Crippen molar-refractivity contribution in [3.05, 3.63) is 0 Å². The minimum Gasteiger partial charge on any atom is -0.393 e. The van der Waals surface area contributed by atoms with Crippen LogP contribution in [0.1, 0.15) is 26.7 Å². The summed E-state index contributed by atoms with van der Waals surface area (Å²) in [5, 5.41) is 9.41. The van der Waals surface area contributed by atoms with E-state index in [1.165, 1.54) is 0 Å². The van der Waals surface area contributed by atoms with Crippen LogP contribution in [0.25, 0.3) is 0 Å². The molecule has 1 saturated carbocycles. The smallest absolute Gasteiger partial charge is 0.133 e. The molecule has 0 aliphatic heterocycles. The van der Waals surface area contributed by atoms with Crippen LogP contribution in [0, 0.1) is 11.8 Å². The Labute approximate surface area is 61.2 Å². The maximum absolute atomic E-state index is 10.9. The zero-order chi connectivity index (χ0) is 7.72. The predicted octanol–water partition coefficient (Wildman–Crippen LogP) is 0.982. The van der Waals surface area contributed by atoms with Crippen molar-refractivity contribution in [1.82, 2.24) is 0 Å². The topological polar surface area (TPSA) is 37.3 Å². The second-order valence-corrected chi connectivity index (χ2v) is 3.39. The first-order chi connectivity index (χ1) is 4.61. The van der Waals surface area contributed by atoms with E-state index in [-0.39, 0.29) is 17.9 Å². The Morgan fingerprint density at radius 3 is 2.10 bits per heavy atom. The summed E-state index contributed by atoms with van der Waals surface area (Å²) in [6.45, 7) is 3.86. The lowest BCUT2D eigenvalue weighted by Crippen LogP contribution is -2.34. The van der Waals surface area contributed by atoms with E-state index in [2.05, 4.69) is 0 Å². The number of aliphatic hydroxyl groups is 1. The number of rotatable bonds is 0. The van der Waals surface area contributed by atoms with Gasteiger partial charge in [-0.2, -0.15) is 0 Å².